The van der Waals surface area contributed by atoms with Crippen LogP contribution in [0.2, 0.25) is 0 Å². The molecule has 0 radical (unpaired) electrons. The number of nitrogens with one attached hydrogen (secondary N) is 2. The van der Waals surface area contributed by atoms with Crippen LogP contribution in [-0.2, 0) is 10.2 Å². The molecule has 1 aliphatic carbocycles. The van der Waals surface area contributed by atoms with E-state index in [-0.39, 0.29) is 17.4 Å². The van der Waals surface area contributed by atoms with Gasteiger partial charge >= 0.3 is 10.2 Å². The fourth-order valence-electron chi connectivity index (χ4n) is 2.80. The van der Waals surface area contributed by atoms with Gasteiger partial charge in [-0.25, -0.2) is 4.72 Å². The third-order valence-electron chi connectivity index (χ3n) is 4.03. The van der Waals surface area contributed by atoms with Crippen LogP contribution in [0.5, 0.6) is 0 Å². The van der Waals surface area contributed by atoms with Crippen molar-refractivity contribution in [2.24, 2.45) is 0 Å². The average molecular weight is 359 g/mol. The molecule has 0 unspecified atom stereocenters. The normalized spacial score (nSPS) is 14.8. The highest BCUT2D eigenvalue weighted by Gasteiger charge is 2.21. The van der Waals surface area contributed by atoms with Crippen molar-refractivity contribution in [1.82, 2.24) is 14.5 Å². The number of hydrogen-bond donors (Lipinski definition) is 2. The van der Waals surface area contributed by atoms with Gasteiger partial charge in [0.2, 0.25) is 0 Å². The predicted molar refractivity (Wildman–Crippen MR) is 90.9 cm³/mol. The van der Waals surface area contributed by atoms with Crippen LogP contribution in [0.3, 0.4) is 0 Å². The summed E-state index contributed by atoms with van der Waals surface area (Å²) in [7, 11) is -4.09. The third kappa shape index (κ3) is 4.16. The molecule has 25 heavy (non-hydrogen) atoms. The topological polar surface area (TPSA) is 117 Å². The van der Waals surface area contributed by atoms with Crippen LogP contribution in [0.15, 0.2) is 36.5 Å². The number of carbonyl (C=O) groups excluding carboxylic acids is 1. The number of aromatic nitrogens is 2. The van der Waals surface area contributed by atoms with Gasteiger partial charge in [0.15, 0.2) is 5.69 Å². The second-order valence-electron chi connectivity index (χ2n) is 5.85. The molecule has 0 saturated heterocycles. The molecule has 2 aromatic rings. The fourth-order valence-corrected chi connectivity index (χ4v) is 3.65. The molecule has 0 aliphatic heterocycles. The highest BCUT2D eigenvalue weighted by atomic mass is 32.2. The number of nitriles is 1. The van der Waals surface area contributed by atoms with E-state index in [9.17, 15) is 13.2 Å². The van der Waals surface area contributed by atoms with Crippen LogP contribution in [0, 0.1) is 11.3 Å². The first-order chi connectivity index (χ1) is 12.0. The maximum absolute atomic E-state index is 12.1. The smallest absolute Gasteiger partial charge is 0.269 e. The minimum Gasteiger partial charge on any atom is -0.269 e. The van der Waals surface area contributed by atoms with Crippen molar-refractivity contribution in [2.75, 3.05) is 4.72 Å². The monoisotopic (exact) mass is 359 g/mol. The SMILES string of the molecule is N#Cc1ccc(NS(=O)(=O)NC(=O)c2ccn(C3CCCC3)n2)cc1. The van der Waals surface area contributed by atoms with E-state index in [1.54, 1.807) is 10.9 Å². The van der Waals surface area contributed by atoms with Crippen molar-refractivity contribution in [3.8, 4) is 6.07 Å². The predicted octanol–water partition coefficient (Wildman–Crippen LogP) is 1.96. The molecule has 2 N–H and O–H groups in total. The second kappa shape index (κ2) is 6.94. The van der Waals surface area contributed by atoms with Crippen LogP contribution >= 0.6 is 0 Å². The molecular weight excluding hydrogens is 342 g/mol. The summed E-state index contributed by atoms with van der Waals surface area (Å²) in [6.45, 7) is 0. The second-order valence-corrected chi connectivity index (χ2v) is 7.26. The lowest BCUT2D eigenvalue weighted by Crippen LogP contribution is -2.35. The number of nitrogens with zero attached hydrogens (tertiary/aromatic N) is 3. The van der Waals surface area contributed by atoms with Crippen molar-refractivity contribution >= 4 is 21.8 Å². The van der Waals surface area contributed by atoms with Gasteiger partial charge < -0.3 is 0 Å². The standard InChI is InChI=1S/C16H17N5O3S/c17-11-12-5-7-13(8-6-12)19-25(23,24)20-16(22)15-9-10-21(18-15)14-3-1-2-4-14/h5-10,14,19H,1-4H2,(H,20,22). The van der Waals surface area contributed by atoms with Gasteiger partial charge in [-0.15, -0.1) is 0 Å². The molecule has 1 aromatic carbocycles. The van der Waals surface area contributed by atoms with Gasteiger partial charge in [0.1, 0.15) is 0 Å². The summed E-state index contributed by atoms with van der Waals surface area (Å²) in [6.07, 6.45) is 6.00. The van der Waals surface area contributed by atoms with E-state index in [0.717, 1.165) is 25.7 Å². The molecule has 1 heterocycles. The first-order valence-electron chi connectivity index (χ1n) is 7.87. The minimum atomic E-state index is -4.09. The molecule has 130 valence electrons. The Balaban J connectivity index is 1.65. The summed E-state index contributed by atoms with van der Waals surface area (Å²) in [4.78, 5) is 12.1. The van der Waals surface area contributed by atoms with Gasteiger partial charge in [0.25, 0.3) is 5.91 Å². The van der Waals surface area contributed by atoms with Gasteiger partial charge in [-0.05, 0) is 43.2 Å². The van der Waals surface area contributed by atoms with Gasteiger partial charge in [0.05, 0.1) is 23.4 Å². The molecule has 3 rings (SSSR count). The Morgan fingerprint density at radius 3 is 2.52 bits per heavy atom. The largest absolute Gasteiger partial charge is 0.324 e. The summed E-state index contributed by atoms with van der Waals surface area (Å²) in [6, 6.07) is 9.55. The van der Waals surface area contributed by atoms with Crippen molar-refractivity contribution in [1.29, 1.82) is 5.26 Å². The molecule has 0 bridgehead atoms. The Labute approximate surface area is 145 Å². The Morgan fingerprint density at radius 2 is 1.88 bits per heavy atom. The molecule has 1 aromatic heterocycles. The van der Waals surface area contributed by atoms with Crippen molar-refractivity contribution in [2.45, 2.75) is 31.7 Å². The maximum atomic E-state index is 12.1. The van der Waals surface area contributed by atoms with Crippen LogP contribution in [0.25, 0.3) is 0 Å². The number of amides is 1. The van der Waals surface area contributed by atoms with E-state index in [4.69, 9.17) is 5.26 Å². The number of benzene rings is 1. The fraction of sp³-hybridized carbons (Fsp3) is 0.312. The van der Waals surface area contributed by atoms with Gasteiger partial charge in [-0.1, -0.05) is 12.8 Å². The molecular formula is C16H17N5O3S. The lowest BCUT2D eigenvalue weighted by molar-refractivity contribution is 0.0975. The van der Waals surface area contributed by atoms with Crippen molar-refractivity contribution in [3.63, 3.8) is 0 Å². The number of hydrogen-bond acceptors (Lipinski definition) is 5. The molecule has 0 atom stereocenters. The van der Waals surface area contributed by atoms with E-state index in [0.29, 0.717) is 5.56 Å². The quantitative estimate of drug-likeness (QED) is 0.846. The van der Waals surface area contributed by atoms with Crippen molar-refractivity contribution < 1.29 is 13.2 Å². The Kier molecular flexibility index (Phi) is 4.72. The Bertz CT molecular complexity index is 906. The van der Waals surface area contributed by atoms with Crippen molar-refractivity contribution in [3.05, 3.63) is 47.8 Å². The molecule has 1 amide bonds. The van der Waals surface area contributed by atoms with Crippen LogP contribution in [-0.4, -0.2) is 24.1 Å². The summed E-state index contributed by atoms with van der Waals surface area (Å²) in [5.41, 5.74) is 0.706. The summed E-state index contributed by atoms with van der Waals surface area (Å²) in [5, 5.41) is 12.9. The zero-order valence-corrected chi connectivity index (χ0v) is 14.2. The van der Waals surface area contributed by atoms with E-state index in [1.807, 2.05) is 10.8 Å². The first kappa shape index (κ1) is 17.0. The van der Waals surface area contributed by atoms with Crippen LogP contribution in [0.4, 0.5) is 5.69 Å². The molecule has 1 saturated carbocycles. The van der Waals surface area contributed by atoms with Crippen LogP contribution < -0.4 is 9.44 Å². The molecule has 0 spiro atoms. The molecule has 8 nitrogen and oxygen atoms in total. The third-order valence-corrected chi connectivity index (χ3v) is 4.99. The molecule has 1 aliphatic rings. The molecule has 1 fully saturated rings. The van der Waals surface area contributed by atoms with Gasteiger partial charge in [-0.3, -0.25) is 14.2 Å². The van der Waals surface area contributed by atoms with Crippen LogP contribution in [0.1, 0.15) is 47.8 Å². The summed E-state index contributed by atoms with van der Waals surface area (Å²) < 4.78 is 30.0. The zero-order valence-electron chi connectivity index (χ0n) is 13.3. The number of anilines is 1. The maximum Gasteiger partial charge on any atom is 0.324 e. The highest BCUT2D eigenvalue weighted by Crippen LogP contribution is 2.28. The molecule has 9 heteroatoms. The highest BCUT2D eigenvalue weighted by molar-refractivity contribution is 7.91. The van der Waals surface area contributed by atoms with E-state index in [1.165, 1.54) is 30.3 Å². The Hall–Kier alpha value is -2.86. The van der Waals surface area contributed by atoms with E-state index < -0.39 is 16.1 Å². The lowest BCUT2D eigenvalue weighted by Gasteiger charge is -2.10. The Morgan fingerprint density at radius 1 is 1.20 bits per heavy atom. The number of rotatable bonds is 5. The van der Waals surface area contributed by atoms with E-state index in [2.05, 4.69) is 9.82 Å². The first-order valence-corrected chi connectivity index (χ1v) is 9.35. The zero-order chi connectivity index (χ0) is 17.9. The van der Waals surface area contributed by atoms with E-state index >= 15 is 0 Å². The average Bonchev–Trinajstić information content (AvgIpc) is 3.26. The summed E-state index contributed by atoms with van der Waals surface area (Å²) in [5.74, 6) is -0.794. The van der Waals surface area contributed by atoms with Gasteiger partial charge in [-0.2, -0.15) is 18.8 Å². The summed E-state index contributed by atoms with van der Waals surface area (Å²) >= 11 is 0. The lowest BCUT2D eigenvalue weighted by atomic mass is 10.2. The van der Waals surface area contributed by atoms with Gasteiger partial charge in [0, 0.05) is 6.20 Å². The minimum absolute atomic E-state index is 0.0529. The number of carbonyl (C=O) groups is 1.